The van der Waals surface area contributed by atoms with Crippen LogP contribution < -0.4 is 0 Å². The van der Waals surface area contributed by atoms with Crippen molar-refractivity contribution in [2.75, 3.05) is 12.4 Å². The van der Waals surface area contributed by atoms with Gasteiger partial charge in [0.2, 0.25) is 0 Å². The van der Waals surface area contributed by atoms with Crippen molar-refractivity contribution in [2.45, 2.75) is 37.1 Å². The molecule has 3 rings (SSSR count). The third-order valence-corrected chi connectivity index (χ3v) is 4.60. The number of rotatable bonds is 6. The number of carboxylic acids is 1. The van der Waals surface area contributed by atoms with Gasteiger partial charge in [-0.1, -0.05) is 23.9 Å². The average molecular weight is 306 g/mol. The van der Waals surface area contributed by atoms with Crippen LogP contribution in [0.4, 0.5) is 0 Å². The molecule has 2 heterocycles. The van der Waals surface area contributed by atoms with Crippen LogP contribution in [0.1, 0.15) is 19.3 Å². The molecule has 0 aliphatic carbocycles. The van der Waals surface area contributed by atoms with Crippen molar-refractivity contribution >= 4 is 28.8 Å². The molecule has 0 amide bonds. The van der Waals surface area contributed by atoms with Crippen molar-refractivity contribution in [2.24, 2.45) is 0 Å². The number of carbonyl (C=O) groups is 1. The first kappa shape index (κ1) is 14.4. The lowest BCUT2D eigenvalue weighted by Gasteiger charge is -2.12. The first-order chi connectivity index (χ1) is 10.2. The van der Waals surface area contributed by atoms with E-state index < -0.39 is 5.97 Å². The zero-order chi connectivity index (χ0) is 14.7. The summed E-state index contributed by atoms with van der Waals surface area (Å²) in [5.41, 5.74) is 1.97. The van der Waals surface area contributed by atoms with Gasteiger partial charge in [0.1, 0.15) is 0 Å². The van der Waals surface area contributed by atoms with Crippen molar-refractivity contribution in [3.63, 3.8) is 0 Å². The summed E-state index contributed by atoms with van der Waals surface area (Å²) < 4.78 is 7.78. The highest BCUT2D eigenvalue weighted by molar-refractivity contribution is 7.99. The molecule has 5 nitrogen and oxygen atoms in total. The van der Waals surface area contributed by atoms with Crippen LogP contribution in [0.25, 0.3) is 11.0 Å². The van der Waals surface area contributed by atoms with Gasteiger partial charge in [-0.15, -0.1) is 0 Å². The summed E-state index contributed by atoms with van der Waals surface area (Å²) in [7, 11) is 0. The number of aromatic nitrogens is 2. The van der Waals surface area contributed by atoms with Gasteiger partial charge in [0.05, 0.1) is 22.9 Å². The molecule has 21 heavy (non-hydrogen) atoms. The first-order valence-corrected chi connectivity index (χ1v) is 8.14. The summed E-state index contributed by atoms with van der Waals surface area (Å²) in [5, 5.41) is 9.64. The number of para-hydroxylation sites is 2. The fraction of sp³-hybridized carbons (Fsp3) is 0.467. The number of aryl methyl sites for hydroxylation is 1. The van der Waals surface area contributed by atoms with E-state index in [0.717, 1.165) is 48.6 Å². The predicted molar refractivity (Wildman–Crippen MR) is 81.7 cm³/mol. The van der Waals surface area contributed by atoms with Crippen molar-refractivity contribution in [3.8, 4) is 0 Å². The highest BCUT2D eigenvalue weighted by Crippen LogP contribution is 2.25. The van der Waals surface area contributed by atoms with E-state index in [-0.39, 0.29) is 5.75 Å². The van der Waals surface area contributed by atoms with E-state index in [9.17, 15) is 4.79 Å². The van der Waals surface area contributed by atoms with E-state index >= 15 is 0 Å². The number of carboxylic acid groups (broad SMARTS) is 1. The Morgan fingerprint density at radius 2 is 2.33 bits per heavy atom. The maximum absolute atomic E-state index is 10.8. The van der Waals surface area contributed by atoms with E-state index in [0.29, 0.717) is 6.10 Å². The number of imidazole rings is 1. The number of thioether (sulfide) groups is 1. The maximum atomic E-state index is 10.8. The predicted octanol–water partition coefficient (Wildman–Crippen LogP) is 2.78. The second kappa shape index (κ2) is 6.49. The van der Waals surface area contributed by atoms with Gasteiger partial charge >= 0.3 is 5.97 Å². The summed E-state index contributed by atoms with van der Waals surface area (Å²) in [6.07, 6.45) is 3.52. The van der Waals surface area contributed by atoms with Crippen molar-refractivity contribution in [1.82, 2.24) is 9.55 Å². The molecule has 1 unspecified atom stereocenters. The van der Waals surface area contributed by atoms with Crippen LogP contribution >= 0.6 is 11.8 Å². The maximum Gasteiger partial charge on any atom is 0.313 e. The number of ether oxygens (including phenoxy) is 1. The Bertz CT molecular complexity index is 635. The monoisotopic (exact) mass is 306 g/mol. The Hall–Kier alpha value is -1.53. The molecule has 6 heteroatoms. The molecule has 1 aromatic heterocycles. The zero-order valence-electron chi connectivity index (χ0n) is 11.7. The molecular formula is C15H18N2O3S. The normalized spacial score (nSPS) is 18.4. The van der Waals surface area contributed by atoms with Gasteiger partial charge in [-0.3, -0.25) is 4.79 Å². The zero-order valence-corrected chi connectivity index (χ0v) is 12.5. The second-order valence-electron chi connectivity index (χ2n) is 5.14. The Balaban J connectivity index is 1.81. The lowest BCUT2D eigenvalue weighted by Crippen LogP contribution is -2.11. The van der Waals surface area contributed by atoms with Crippen LogP contribution in [-0.2, 0) is 16.1 Å². The minimum absolute atomic E-state index is 0.0310. The van der Waals surface area contributed by atoms with E-state index in [1.54, 1.807) is 0 Å². The first-order valence-electron chi connectivity index (χ1n) is 7.15. The fourth-order valence-corrected chi connectivity index (χ4v) is 3.41. The Kier molecular flexibility index (Phi) is 4.45. The number of fused-ring (bicyclic) bond motifs is 1. The number of hydrogen-bond donors (Lipinski definition) is 1. The standard InChI is InChI=1S/C15H18N2O3S/c18-14(19)10-21-15-16-12-5-1-2-6-13(12)17(15)8-7-11-4-3-9-20-11/h1-2,5-6,11H,3-4,7-10H2,(H,18,19). The van der Waals surface area contributed by atoms with Crippen LogP contribution in [0.15, 0.2) is 29.4 Å². The largest absolute Gasteiger partial charge is 0.481 e. The van der Waals surface area contributed by atoms with Gasteiger partial charge < -0.3 is 14.4 Å². The smallest absolute Gasteiger partial charge is 0.313 e. The van der Waals surface area contributed by atoms with Crippen LogP contribution in [0.2, 0.25) is 0 Å². The summed E-state index contributed by atoms with van der Waals surface area (Å²) in [6, 6.07) is 7.93. The number of benzene rings is 1. The van der Waals surface area contributed by atoms with Crippen molar-refractivity contribution in [3.05, 3.63) is 24.3 Å². The number of hydrogen-bond acceptors (Lipinski definition) is 4. The second-order valence-corrected chi connectivity index (χ2v) is 6.08. The van der Waals surface area contributed by atoms with Gasteiger partial charge in [0.25, 0.3) is 0 Å². The molecule has 0 radical (unpaired) electrons. The molecule has 1 aromatic carbocycles. The molecule has 1 atom stereocenters. The third-order valence-electron chi connectivity index (χ3n) is 3.64. The molecule has 1 aliphatic heterocycles. The molecule has 1 saturated heterocycles. The van der Waals surface area contributed by atoms with E-state index in [1.165, 1.54) is 11.8 Å². The highest BCUT2D eigenvalue weighted by atomic mass is 32.2. The number of aliphatic carboxylic acids is 1. The van der Waals surface area contributed by atoms with E-state index in [4.69, 9.17) is 9.84 Å². The lowest BCUT2D eigenvalue weighted by atomic mass is 10.2. The van der Waals surface area contributed by atoms with Gasteiger partial charge in [-0.2, -0.15) is 0 Å². The lowest BCUT2D eigenvalue weighted by molar-refractivity contribution is -0.133. The van der Waals surface area contributed by atoms with E-state index in [2.05, 4.69) is 9.55 Å². The minimum Gasteiger partial charge on any atom is -0.481 e. The van der Waals surface area contributed by atoms with Crippen molar-refractivity contribution < 1.29 is 14.6 Å². The molecule has 2 aromatic rings. The topological polar surface area (TPSA) is 64.3 Å². The van der Waals surface area contributed by atoms with Gasteiger partial charge in [-0.25, -0.2) is 4.98 Å². The molecule has 0 spiro atoms. The SMILES string of the molecule is O=C(O)CSc1nc2ccccc2n1CCC1CCCO1. The number of nitrogens with zero attached hydrogens (tertiary/aromatic N) is 2. The van der Waals surface area contributed by atoms with Crippen LogP contribution in [0, 0.1) is 0 Å². The molecule has 0 saturated carbocycles. The molecule has 1 aliphatic rings. The van der Waals surface area contributed by atoms with Gasteiger partial charge in [0.15, 0.2) is 5.16 Å². The quantitative estimate of drug-likeness (QED) is 0.831. The summed E-state index contributed by atoms with van der Waals surface area (Å²) in [4.78, 5) is 15.3. The molecule has 112 valence electrons. The molecular weight excluding hydrogens is 288 g/mol. The third kappa shape index (κ3) is 3.39. The van der Waals surface area contributed by atoms with Crippen LogP contribution in [0.5, 0.6) is 0 Å². The summed E-state index contributed by atoms with van der Waals surface area (Å²) in [6.45, 7) is 1.67. The van der Waals surface area contributed by atoms with Gasteiger partial charge in [-0.05, 0) is 31.4 Å². The van der Waals surface area contributed by atoms with Crippen LogP contribution in [0.3, 0.4) is 0 Å². The average Bonchev–Trinajstić information content (AvgIpc) is 3.10. The fourth-order valence-electron chi connectivity index (χ4n) is 2.65. The minimum atomic E-state index is -0.822. The summed E-state index contributed by atoms with van der Waals surface area (Å²) in [5.74, 6) is -0.791. The Morgan fingerprint density at radius 3 is 3.10 bits per heavy atom. The Morgan fingerprint density at radius 1 is 1.48 bits per heavy atom. The molecule has 1 N–H and O–H groups in total. The molecule has 0 bridgehead atoms. The summed E-state index contributed by atoms with van der Waals surface area (Å²) >= 11 is 1.27. The molecule has 1 fully saturated rings. The van der Waals surface area contributed by atoms with Crippen LogP contribution in [-0.4, -0.2) is 39.1 Å². The Labute approximate surface area is 127 Å². The highest BCUT2D eigenvalue weighted by Gasteiger charge is 2.18. The van der Waals surface area contributed by atoms with E-state index in [1.807, 2.05) is 24.3 Å². The van der Waals surface area contributed by atoms with Crippen molar-refractivity contribution in [1.29, 1.82) is 0 Å². The van der Waals surface area contributed by atoms with Gasteiger partial charge in [0, 0.05) is 13.2 Å².